The molecule has 5 rings (SSSR count). The summed E-state index contributed by atoms with van der Waals surface area (Å²) >= 11 is 0. The normalized spacial score (nSPS) is 11.4. The highest BCUT2D eigenvalue weighted by Crippen LogP contribution is 2.34. The van der Waals surface area contributed by atoms with Crippen molar-refractivity contribution >= 4 is 27.9 Å². The predicted octanol–water partition coefficient (Wildman–Crippen LogP) is 5.70. The van der Waals surface area contributed by atoms with E-state index in [1.165, 1.54) is 24.4 Å². The number of para-hydroxylation sites is 1. The fourth-order valence-electron chi connectivity index (χ4n) is 4.17. The highest BCUT2D eigenvalue weighted by atomic mass is 19.2. The Kier molecular flexibility index (Phi) is 5.24. The van der Waals surface area contributed by atoms with Gasteiger partial charge in [0.2, 0.25) is 5.95 Å². The lowest BCUT2D eigenvalue weighted by atomic mass is 10.0. The molecule has 0 fully saturated rings. The Hall–Kier alpha value is -4.27. The molecule has 3 aromatic heterocycles. The van der Waals surface area contributed by atoms with Crippen molar-refractivity contribution in [3.8, 4) is 16.8 Å². The van der Waals surface area contributed by atoms with Gasteiger partial charge in [-0.1, -0.05) is 19.1 Å². The number of aromatic nitrogens is 4. The first-order valence-corrected chi connectivity index (χ1v) is 10.5. The Morgan fingerprint density at radius 3 is 2.59 bits per heavy atom. The monoisotopic (exact) mass is 462 g/mol. The Balaban J connectivity index is 1.91. The van der Waals surface area contributed by atoms with Gasteiger partial charge >= 0.3 is 5.97 Å². The molecule has 3 heterocycles. The third-order valence-electron chi connectivity index (χ3n) is 5.63. The van der Waals surface area contributed by atoms with Crippen molar-refractivity contribution in [3.05, 3.63) is 83.8 Å². The lowest BCUT2D eigenvalue weighted by molar-refractivity contribution is 0.0699. The van der Waals surface area contributed by atoms with E-state index < -0.39 is 23.6 Å². The van der Waals surface area contributed by atoms with Crippen LogP contribution < -0.4 is 0 Å². The number of aromatic carboxylic acids is 1. The summed E-state index contributed by atoms with van der Waals surface area (Å²) in [6.45, 7) is 1.95. The summed E-state index contributed by atoms with van der Waals surface area (Å²) in [5, 5.41) is 10.4. The lowest BCUT2D eigenvalue weighted by Gasteiger charge is -2.13. The van der Waals surface area contributed by atoms with E-state index in [2.05, 4.69) is 15.0 Å². The molecule has 0 bridgehead atoms. The molecule has 0 aliphatic heterocycles. The minimum Gasteiger partial charge on any atom is -0.478 e. The van der Waals surface area contributed by atoms with Gasteiger partial charge in [0.05, 0.1) is 16.8 Å². The number of benzene rings is 2. The molecule has 0 saturated heterocycles. The minimum absolute atomic E-state index is 0.132. The molecule has 0 saturated carbocycles. The number of imidazole rings is 1. The summed E-state index contributed by atoms with van der Waals surface area (Å²) < 4.78 is 44.6. The van der Waals surface area contributed by atoms with E-state index in [0.717, 1.165) is 6.20 Å². The van der Waals surface area contributed by atoms with E-state index in [9.17, 15) is 23.1 Å². The predicted molar refractivity (Wildman–Crippen MR) is 120 cm³/mol. The van der Waals surface area contributed by atoms with Crippen molar-refractivity contribution in [2.45, 2.75) is 19.8 Å². The molecular formula is C25H17F3N4O2. The zero-order valence-electron chi connectivity index (χ0n) is 17.9. The average Bonchev–Trinajstić information content (AvgIpc) is 3.18. The molecule has 0 spiro atoms. The summed E-state index contributed by atoms with van der Waals surface area (Å²) in [6.07, 6.45) is 3.78. The number of pyridine rings is 2. The molecular weight excluding hydrogens is 445 g/mol. The van der Waals surface area contributed by atoms with Crippen molar-refractivity contribution < 1.29 is 23.1 Å². The Bertz CT molecular complexity index is 1600. The summed E-state index contributed by atoms with van der Waals surface area (Å²) in [6, 6.07) is 10.3. The van der Waals surface area contributed by atoms with Gasteiger partial charge in [-0.25, -0.2) is 23.5 Å². The van der Waals surface area contributed by atoms with Crippen LogP contribution in [0.4, 0.5) is 13.2 Å². The highest BCUT2D eigenvalue weighted by molar-refractivity contribution is 6.04. The van der Waals surface area contributed by atoms with Crippen LogP contribution in [-0.4, -0.2) is 30.6 Å². The van der Waals surface area contributed by atoms with Crippen LogP contribution in [0.2, 0.25) is 0 Å². The van der Waals surface area contributed by atoms with Gasteiger partial charge in [0.15, 0.2) is 5.82 Å². The summed E-state index contributed by atoms with van der Waals surface area (Å²) in [4.78, 5) is 24.2. The molecule has 0 amide bonds. The van der Waals surface area contributed by atoms with Crippen LogP contribution in [0, 0.1) is 17.6 Å². The maximum atomic E-state index is 14.6. The first-order valence-electron chi connectivity index (χ1n) is 10.5. The van der Waals surface area contributed by atoms with Gasteiger partial charge in [0.25, 0.3) is 0 Å². The number of rotatable bonds is 5. The maximum Gasteiger partial charge on any atom is 0.337 e. The largest absolute Gasteiger partial charge is 0.478 e. The molecule has 9 heteroatoms. The standard InChI is InChI=1S/C25H17F3N4O2/c1-2-4-20-31-23-16(25(33)34)11-13(14-7-9-30-24(28)21(14)27)12-19(23)32(20)18-8-10-29-22-15(18)5-3-6-17(22)26/h3,5-12H,2,4H2,1H3,(H,33,34). The summed E-state index contributed by atoms with van der Waals surface area (Å²) in [7, 11) is 0. The van der Waals surface area contributed by atoms with Crippen molar-refractivity contribution in [1.29, 1.82) is 0 Å². The second-order valence-corrected chi connectivity index (χ2v) is 7.74. The first-order chi connectivity index (χ1) is 16.4. The van der Waals surface area contributed by atoms with Gasteiger partial charge in [0, 0.05) is 29.8 Å². The van der Waals surface area contributed by atoms with Crippen LogP contribution >= 0.6 is 0 Å². The molecule has 1 N–H and O–H groups in total. The average molecular weight is 462 g/mol. The van der Waals surface area contributed by atoms with E-state index in [1.54, 1.807) is 28.8 Å². The highest BCUT2D eigenvalue weighted by Gasteiger charge is 2.23. The molecule has 2 aromatic carbocycles. The molecule has 0 aliphatic carbocycles. The van der Waals surface area contributed by atoms with Crippen LogP contribution in [0.3, 0.4) is 0 Å². The molecule has 0 radical (unpaired) electrons. The van der Waals surface area contributed by atoms with Gasteiger partial charge in [0.1, 0.15) is 22.7 Å². The van der Waals surface area contributed by atoms with Gasteiger partial charge in [-0.3, -0.25) is 9.55 Å². The van der Waals surface area contributed by atoms with E-state index in [4.69, 9.17) is 0 Å². The second-order valence-electron chi connectivity index (χ2n) is 7.74. The number of carboxylic acids is 1. The Labute approximate surface area is 191 Å². The Morgan fingerprint density at radius 2 is 1.82 bits per heavy atom. The summed E-state index contributed by atoms with van der Waals surface area (Å²) in [5.74, 6) is -3.68. The third kappa shape index (κ3) is 3.37. The lowest BCUT2D eigenvalue weighted by Crippen LogP contribution is -2.03. The fraction of sp³-hybridized carbons (Fsp3) is 0.120. The SMILES string of the molecule is CCCc1nc2c(C(=O)O)cc(-c3ccnc(F)c3F)cc2n1-c1ccnc2c(F)cccc12. The van der Waals surface area contributed by atoms with Crippen molar-refractivity contribution in [2.75, 3.05) is 0 Å². The maximum absolute atomic E-state index is 14.6. The van der Waals surface area contributed by atoms with Crippen molar-refractivity contribution in [3.63, 3.8) is 0 Å². The topological polar surface area (TPSA) is 80.9 Å². The van der Waals surface area contributed by atoms with E-state index in [0.29, 0.717) is 35.3 Å². The third-order valence-corrected chi connectivity index (χ3v) is 5.63. The van der Waals surface area contributed by atoms with Crippen LogP contribution in [-0.2, 0) is 6.42 Å². The number of halogens is 3. The van der Waals surface area contributed by atoms with Gasteiger partial charge in [-0.05, 0) is 42.3 Å². The number of carbonyl (C=O) groups is 1. The molecule has 170 valence electrons. The van der Waals surface area contributed by atoms with Crippen molar-refractivity contribution in [2.24, 2.45) is 0 Å². The number of carboxylic acid groups (broad SMARTS) is 1. The molecule has 0 aliphatic rings. The van der Waals surface area contributed by atoms with E-state index in [1.807, 2.05) is 6.92 Å². The van der Waals surface area contributed by atoms with Crippen LogP contribution in [0.15, 0.2) is 54.9 Å². The molecule has 0 atom stereocenters. The quantitative estimate of drug-likeness (QED) is 0.339. The molecule has 6 nitrogen and oxygen atoms in total. The van der Waals surface area contributed by atoms with Crippen LogP contribution in [0.25, 0.3) is 38.8 Å². The zero-order valence-corrected chi connectivity index (χ0v) is 17.9. The van der Waals surface area contributed by atoms with Gasteiger partial charge in [-0.15, -0.1) is 0 Å². The number of hydrogen-bond acceptors (Lipinski definition) is 4. The Morgan fingerprint density at radius 1 is 1.03 bits per heavy atom. The van der Waals surface area contributed by atoms with E-state index >= 15 is 0 Å². The fourth-order valence-corrected chi connectivity index (χ4v) is 4.17. The van der Waals surface area contributed by atoms with Crippen LogP contribution in [0.5, 0.6) is 0 Å². The molecule has 0 unspecified atom stereocenters. The zero-order chi connectivity index (χ0) is 24.0. The van der Waals surface area contributed by atoms with Crippen molar-refractivity contribution in [1.82, 2.24) is 19.5 Å². The number of aryl methyl sites for hydroxylation is 1. The first kappa shape index (κ1) is 21.6. The molecule has 34 heavy (non-hydrogen) atoms. The number of nitrogens with zero attached hydrogens (tertiary/aromatic N) is 4. The second kappa shape index (κ2) is 8.26. The van der Waals surface area contributed by atoms with E-state index in [-0.39, 0.29) is 27.7 Å². The summed E-state index contributed by atoms with van der Waals surface area (Å²) in [5.41, 5.74) is 1.11. The minimum atomic E-state index is -1.29. The van der Waals surface area contributed by atoms with Gasteiger partial charge in [-0.2, -0.15) is 4.39 Å². The molecule has 5 aromatic rings. The smallest absolute Gasteiger partial charge is 0.337 e. The number of hydrogen-bond donors (Lipinski definition) is 1. The van der Waals surface area contributed by atoms with Gasteiger partial charge < -0.3 is 5.11 Å². The van der Waals surface area contributed by atoms with Crippen LogP contribution in [0.1, 0.15) is 29.5 Å². The number of fused-ring (bicyclic) bond motifs is 2.